The summed E-state index contributed by atoms with van der Waals surface area (Å²) in [6, 6.07) is 11.9. The van der Waals surface area contributed by atoms with Gasteiger partial charge in [0.2, 0.25) is 0 Å². The van der Waals surface area contributed by atoms with Crippen LogP contribution in [0.25, 0.3) is 0 Å². The summed E-state index contributed by atoms with van der Waals surface area (Å²) < 4.78 is 71.6. The lowest BCUT2D eigenvalue weighted by atomic mass is 9.57. The number of hydrogen-bond donors (Lipinski definition) is 1. The number of rotatable bonds is 7. The van der Waals surface area contributed by atoms with Gasteiger partial charge in [-0.2, -0.15) is 18.4 Å². The number of hydrogen-bond acceptors (Lipinski definition) is 5. The number of aryl methyl sites for hydroxylation is 1. The molecular weight excluding hydrogens is 567 g/mol. The van der Waals surface area contributed by atoms with Gasteiger partial charge in [-0.25, -0.2) is 8.78 Å². The minimum Gasteiger partial charge on any atom is -0.321 e. The lowest BCUT2D eigenvalue weighted by molar-refractivity contribution is -0.138. The Morgan fingerprint density at radius 3 is 2.51 bits per heavy atom. The fourth-order valence-electron chi connectivity index (χ4n) is 7.38. The number of anilines is 1. The van der Waals surface area contributed by atoms with E-state index in [1.165, 1.54) is 11.0 Å². The van der Waals surface area contributed by atoms with Gasteiger partial charge in [-0.3, -0.25) is 4.79 Å². The van der Waals surface area contributed by atoms with Crippen LogP contribution in [0.3, 0.4) is 0 Å². The Morgan fingerprint density at radius 1 is 1.14 bits per heavy atom. The highest BCUT2D eigenvalue weighted by Gasteiger charge is 2.75. The van der Waals surface area contributed by atoms with Crippen molar-refractivity contribution >= 4 is 11.6 Å². The number of aromatic nitrogens is 3. The van der Waals surface area contributed by atoms with E-state index in [1.807, 2.05) is 23.7 Å². The second-order valence-corrected chi connectivity index (χ2v) is 12.8. The van der Waals surface area contributed by atoms with Crippen LogP contribution in [0.15, 0.2) is 42.7 Å². The first kappa shape index (κ1) is 28.0. The molecule has 12 heteroatoms. The quantitative estimate of drug-likeness (QED) is 0.355. The van der Waals surface area contributed by atoms with Crippen LogP contribution in [0, 0.1) is 22.7 Å². The van der Waals surface area contributed by atoms with Crippen LogP contribution in [-0.2, 0) is 38.1 Å². The summed E-state index contributed by atoms with van der Waals surface area (Å²) in [6.45, 7) is -0.173. The van der Waals surface area contributed by atoms with E-state index in [2.05, 4.69) is 21.6 Å². The normalized spacial score (nSPS) is 28.8. The van der Waals surface area contributed by atoms with Crippen LogP contribution in [0.4, 0.5) is 27.6 Å². The van der Waals surface area contributed by atoms with Crippen LogP contribution in [0.5, 0.6) is 0 Å². The molecule has 0 bridgehead atoms. The second kappa shape index (κ2) is 9.32. The highest BCUT2D eigenvalue weighted by molar-refractivity contribution is 6.10. The Kier molecular flexibility index (Phi) is 6.06. The third-order valence-corrected chi connectivity index (χ3v) is 10.0. The van der Waals surface area contributed by atoms with Gasteiger partial charge in [-0.05, 0) is 66.6 Å². The largest absolute Gasteiger partial charge is 0.416 e. The Hall–Kier alpha value is -3.85. The number of benzene rings is 2. The van der Waals surface area contributed by atoms with Gasteiger partial charge in [0, 0.05) is 60.5 Å². The van der Waals surface area contributed by atoms with Crippen molar-refractivity contribution in [2.75, 3.05) is 4.90 Å². The van der Waals surface area contributed by atoms with E-state index in [1.54, 1.807) is 18.5 Å². The van der Waals surface area contributed by atoms with E-state index < -0.39 is 34.4 Å². The van der Waals surface area contributed by atoms with Crippen LogP contribution in [0.2, 0.25) is 0 Å². The minimum absolute atomic E-state index is 0.00202. The van der Waals surface area contributed by atoms with Crippen LogP contribution < -0.4 is 10.2 Å². The first-order valence-electron chi connectivity index (χ1n) is 14.3. The number of carbonyl (C=O) groups excluding carboxylic acids is 1. The van der Waals surface area contributed by atoms with Crippen molar-refractivity contribution < 1.29 is 26.7 Å². The first-order valence-corrected chi connectivity index (χ1v) is 14.3. The van der Waals surface area contributed by atoms with E-state index in [9.17, 15) is 32.0 Å². The molecular formula is C31H29F5N6O. The van der Waals surface area contributed by atoms with Crippen molar-refractivity contribution in [2.45, 2.75) is 75.2 Å². The van der Waals surface area contributed by atoms with Gasteiger partial charge in [-0.15, -0.1) is 10.2 Å². The van der Waals surface area contributed by atoms with E-state index in [0.29, 0.717) is 37.8 Å². The van der Waals surface area contributed by atoms with Crippen molar-refractivity contribution in [3.63, 3.8) is 0 Å². The molecule has 1 aliphatic heterocycles. The van der Waals surface area contributed by atoms with Crippen LogP contribution >= 0.6 is 0 Å². The van der Waals surface area contributed by atoms with Crippen molar-refractivity contribution in [3.8, 4) is 6.07 Å². The molecule has 3 aliphatic carbocycles. The molecule has 7 nitrogen and oxygen atoms in total. The third kappa shape index (κ3) is 4.51. The highest BCUT2D eigenvalue weighted by atomic mass is 19.4. The number of nitrogens with one attached hydrogen (secondary N) is 1. The molecule has 1 spiro atoms. The summed E-state index contributed by atoms with van der Waals surface area (Å²) in [6.07, 6.45) is -0.858. The number of carbonyl (C=O) groups is 1. The predicted octanol–water partition coefficient (Wildman–Crippen LogP) is 5.69. The van der Waals surface area contributed by atoms with Crippen molar-refractivity contribution in [3.05, 3.63) is 76.4 Å². The summed E-state index contributed by atoms with van der Waals surface area (Å²) in [7, 11) is 1.84. The number of nitriles is 1. The lowest BCUT2D eigenvalue weighted by Crippen LogP contribution is -2.44. The van der Waals surface area contributed by atoms with Crippen molar-refractivity contribution in [1.82, 2.24) is 20.1 Å². The molecule has 0 radical (unpaired) electrons. The molecule has 0 unspecified atom stereocenters. The van der Waals surface area contributed by atoms with E-state index in [-0.39, 0.29) is 48.2 Å². The maximum Gasteiger partial charge on any atom is 0.416 e. The number of halogens is 5. The summed E-state index contributed by atoms with van der Waals surface area (Å²) >= 11 is 0. The Balaban J connectivity index is 1.14. The third-order valence-electron chi connectivity index (χ3n) is 10.0. The monoisotopic (exact) mass is 596 g/mol. The number of alkyl halides is 5. The van der Waals surface area contributed by atoms with E-state index in [4.69, 9.17) is 0 Å². The van der Waals surface area contributed by atoms with Gasteiger partial charge in [-0.1, -0.05) is 12.1 Å². The molecule has 0 saturated heterocycles. The van der Waals surface area contributed by atoms with E-state index in [0.717, 1.165) is 17.5 Å². The molecule has 3 saturated carbocycles. The molecule has 224 valence electrons. The highest BCUT2D eigenvalue weighted by Crippen LogP contribution is 2.71. The SMILES string of the molecule is Cn1cnnc1CC1(c2cccc(N3Cc4c(cc(CNC5CC6(C5)CC6(F)F)cc4C(F)(F)F)C3=O)c2)CC(C#N)C1. The molecule has 3 fully saturated rings. The second-order valence-electron chi connectivity index (χ2n) is 12.8. The Bertz CT molecular complexity index is 1660. The Morgan fingerprint density at radius 2 is 1.88 bits per heavy atom. The fourth-order valence-corrected chi connectivity index (χ4v) is 7.38. The molecule has 0 atom stereocenters. The van der Waals surface area contributed by atoms with Crippen LogP contribution in [-0.4, -0.2) is 32.6 Å². The van der Waals surface area contributed by atoms with Gasteiger partial charge in [0.05, 0.1) is 18.2 Å². The molecule has 7 rings (SSSR count). The summed E-state index contributed by atoms with van der Waals surface area (Å²) in [4.78, 5) is 15.0. The zero-order valence-electron chi connectivity index (χ0n) is 23.4. The zero-order valence-corrected chi connectivity index (χ0v) is 23.4. The minimum atomic E-state index is -4.67. The summed E-state index contributed by atoms with van der Waals surface area (Å²) in [5, 5.41) is 20.8. The Labute approximate surface area is 244 Å². The maximum absolute atomic E-state index is 14.2. The van der Waals surface area contributed by atoms with Gasteiger partial charge in [0.25, 0.3) is 11.8 Å². The van der Waals surface area contributed by atoms with Gasteiger partial charge in [0.1, 0.15) is 12.2 Å². The molecule has 1 N–H and O–H groups in total. The molecule has 3 aromatic rings. The smallest absolute Gasteiger partial charge is 0.321 e. The summed E-state index contributed by atoms with van der Waals surface area (Å²) in [5.41, 5.74) is -0.620. The predicted molar refractivity (Wildman–Crippen MR) is 145 cm³/mol. The van der Waals surface area contributed by atoms with Gasteiger partial charge in [0.15, 0.2) is 0 Å². The lowest BCUT2D eigenvalue weighted by Gasteiger charge is -2.45. The molecule has 4 aliphatic rings. The fraction of sp³-hybridized carbons (Fsp3) is 0.484. The standard InChI is InChI=1S/C31H29F5N6O/c1-41-17-39-40-26(41)12-28(8-19(9-28)13-37)20-3-2-4-22(7-20)42-15-24-23(27(42)43)5-18(6-25(24)31(34,35)36)14-38-21-10-29(11-21)16-30(29,32)33/h2-7,17,19,21,38H,8-12,14-16H2,1H3. The van der Waals surface area contributed by atoms with Gasteiger partial charge < -0.3 is 14.8 Å². The average molecular weight is 597 g/mol. The van der Waals surface area contributed by atoms with Crippen LogP contribution in [0.1, 0.15) is 70.5 Å². The average Bonchev–Trinajstić information content (AvgIpc) is 3.15. The molecule has 43 heavy (non-hydrogen) atoms. The number of fused-ring (bicyclic) bond motifs is 1. The molecule has 2 heterocycles. The van der Waals surface area contributed by atoms with Gasteiger partial charge >= 0.3 is 6.18 Å². The number of amides is 1. The maximum atomic E-state index is 14.2. The molecule has 1 aromatic heterocycles. The van der Waals surface area contributed by atoms with Crippen molar-refractivity contribution in [2.24, 2.45) is 18.4 Å². The zero-order chi connectivity index (χ0) is 30.4. The number of nitrogens with zero attached hydrogens (tertiary/aromatic N) is 5. The topological polar surface area (TPSA) is 86.8 Å². The van der Waals surface area contributed by atoms with E-state index >= 15 is 0 Å². The first-order chi connectivity index (χ1) is 20.3. The molecule has 2 aromatic carbocycles. The summed E-state index contributed by atoms with van der Waals surface area (Å²) in [5.74, 6) is -2.53. The van der Waals surface area contributed by atoms with Crippen molar-refractivity contribution in [1.29, 1.82) is 5.26 Å². The molecule has 1 amide bonds.